The summed E-state index contributed by atoms with van der Waals surface area (Å²) in [5, 5.41) is 0. The fourth-order valence-electron chi connectivity index (χ4n) is 2.56. The summed E-state index contributed by atoms with van der Waals surface area (Å²) in [7, 11) is 0. The van der Waals surface area contributed by atoms with Crippen LogP contribution >= 0.6 is 0 Å². The molecule has 0 aromatic heterocycles. The summed E-state index contributed by atoms with van der Waals surface area (Å²) in [6.45, 7) is 4.14. The number of carbonyl (C=O) groups excluding carboxylic acids is 1. The van der Waals surface area contributed by atoms with Gasteiger partial charge in [0.1, 0.15) is 5.78 Å². The quantitative estimate of drug-likeness (QED) is 0.620. The Bertz CT molecular complexity index is 190. The Hall–Kier alpha value is -0.370. The lowest BCUT2D eigenvalue weighted by Gasteiger charge is -2.44. The molecule has 2 nitrogen and oxygen atoms in total. The summed E-state index contributed by atoms with van der Waals surface area (Å²) < 4.78 is 0. The zero-order valence-electron chi connectivity index (χ0n) is 7.75. The van der Waals surface area contributed by atoms with Gasteiger partial charge in [0.25, 0.3) is 0 Å². The molecule has 2 heteroatoms. The van der Waals surface area contributed by atoms with Crippen LogP contribution in [0.25, 0.3) is 0 Å². The van der Waals surface area contributed by atoms with E-state index < -0.39 is 0 Å². The van der Waals surface area contributed by atoms with Crippen LogP contribution in [0.1, 0.15) is 32.6 Å². The molecule has 3 aliphatic heterocycles. The van der Waals surface area contributed by atoms with Gasteiger partial charge in [-0.25, -0.2) is 0 Å². The van der Waals surface area contributed by atoms with E-state index in [9.17, 15) is 4.79 Å². The predicted molar refractivity (Wildman–Crippen MR) is 48.0 cm³/mol. The summed E-state index contributed by atoms with van der Waals surface area (Å²) >= 11 is 0. The number of piperidine rings is 3. The Morgan fingerprint density at radius 1 is 1.58 bits per heavy atom. The van der Waals surface area contributed by atoms with Crippen molar-refractivity contribution >= 4 is 5.78 Å². The van der Waals surface area contributed by atoms with Gasteiger partial charge in [0, 0.05) is 12.0 Å². The summed E-state index contributed by atoms with van der Waals surface area (Å²) in [5.41, 5.74) is 0. The van der Waals surface area contributed by atoms with Crippen LogP contribution in [0.5, 0.6) is 0 Å². The van der Waals surface area contributed by atoms with Gasteiger partial charge in [-0.05, 0) is 25.8 Å². The van der Waals surface area contributed by atoms with Crippen molar-refractivity contribution in [3.05, 3.63) is 0 Å². The molecule has 3 aliphatic rings. The number of carbonyl (C=O) groups is 1. The zero-order valence-corrected chi connectivity index (χ0v) is 7.75. The summed E-state index contributed by atoms with van der Waals surface area (Å²) in [6, 6.07) is 0.728. The SMILES string of the molecule is CCCC1CC2CCN1CC2=O. The van der Waals surface area contributed by atoms with E-state index in [0.717, 1.165) is 25.4 Å². The average molecular weight is 167 g/mol. The van der Waals surface area contributed by atoms with Crippen molar-refractivity contribution in [1.82, 2.24) is 4.90 Å². The Morgan fingerprint density at radius 2 is 2.42 bits per heavy atom. The fourth-order valence-corrected chi connectivity index (χ4v) is 2.56. The number of fused-ring (bicyclic) bond motifs is 3. The van der Waals surface area contributed by atoms with Gasteiger partial charge in [-0.1, -0.05) is 13.3 Å². The van der Waals surface area contributed by atoms with Crippen molar-refractivity contribution < 1.29 is 4.79 Å². The van der Waals surface area contributed by atoms with Crippen LogP contribution in [0.15, 0.2) is 0 Å². The molecule has 3 fully saturated rings. The van der Waals surface area contributed by atoms with Crippen molar-refractivity contribution in [2.75, 3.05) is 13.1 Å². The maximum Gasteiger partial charge on any atom is 0.150 e. The number of hydrogen-bond donors (Lipinski definition) is 0. The predicted octanol–water partition coefficient (Wildman–Crippen LogP) is 1.45. The first-order chi connectivity index (χ1) is 5.81. The van der Waals surface area contributed by atoms with E-state index >= 15 is 0 Å². The van der Waals surface area contributed by atoms with Crippen molar-refractivity contribution in [1.29, 1.82) is 0 Å². The Labute approximate surface area is 73.9 Å². The van der Waals surface area contributed by atoms with Gasteiger partial charge in [-0.2, -0.15) is 0 Å². The largest absolute Gasteiger partial charge is 0.298 e. The molecule has 0 aromatic carbocycles. The molecule has 3 saturated heterocycles. The fraction of sp³-hybridized carbons (Fsp3) is 0.900. The third kappa shape index (κ3) is 1.28. The van der Waals surface area contributed by atoms with Crippen molar-refractivity contribution in [2.24, 2.45) is 5.92 Å². The van der Waals surface area contributed by atoms with Crippen LogP contribution < -0.4 is 0 Å². The van der Waals surface area contributed by atoms with Crippen LogP contribution in [0.3, 0.4) is 0 Å². The van der Waals surface area contributed by atoms with E-state index in [2.05, 4.69) is 11.8 Å². The molecular weight excluding hydrogens is 150 g/mol. The van der Waals surface area contributed by atoms with Gasteiger partial charge in [0.15, 0.2) is 0 Å². The third-order valence-electron chi connectivity index (χ3n) is 3.27. The van der Waals surface area contributed by atoms with Crippen molar-refractivity contribution in [2.45, 2.75) is 38.6 Å². The lowest BCUT2D eigenvalue weighted by Crippen LogP contribution is -2.53. The molecule has 0 N–H and O–H groups in total. The molecule has 0 amide bonds. The van der Waals surface area contributed by atoms with Gasteiger partial charge >= 0.3 is 0 Å². The molecule has 2 bridgehead atoms. The first-order valence-electron chi connectivity index (χ1n) is 5.08. The Morgan fingerprint density at radius 3 is 2.92 bits per heavy atom. The molecule has 0 aromatic rings. The van der Waals surface area contributed by atoms with Gasteiger partial charge < -0.3 is 0 Å². The molecule has 0 aliphatic carbocycles. The summed E-state index contributed by atoms with van der Waals surface area (Å²) in [4.78, 5) is 13.7. The minimum absolute atomic E-state index is 0.423. The molecule has 0 saturated carbocycles. The van der Waals surface area contributed by atoms with Gasteiger partial charge in [0.2, 0.25) is 0 Å². The second-order valence-electron chi connectivity index (χ2n) is 4.10. The summed E-state index contributed by atoms with van der Waals surface area (Å²) in [5.74, 6) is 0.917. The minimum Gasteiger partial charge on any atom is -0.298 e. The van der Waals surface area contributed by atoms with E-state index in [1.54, 1.807) is 0 Å². The number of rotatable bonds is 2. The van der Waals surface area contributed by atoms with Crippen LogP contribution in [0.4, 0.5) is 0 Å². The second-order valence-corrected chi connectivity index (χ2v) is 4.10. The average Bonchev–Trinajstić information content (AvgIpc) is 2.07. The molecule has 0 radical (unpaired) electrons. The third-order valence-corrected chi connectivity index (χ3v) is 3.27. The number of nitrogens with zero attached hydrogens (tertiary/aromatic N) is 1. The molecule has 3 rings (SSSR count). The van der Waals surface area contributed by atoms with E-state index in [-0.39, 0.29) is 0 Å². The Kier molecular flexibility index (Phi) is 2.18. The highest BCUT2D eigenvalue weighted by atomic mass is 16.1. The van der Waals surface area contributed by atoms with Crippen LogP contribution in [-0.2, 0) is 4.79 Å². The van der Waals surface area contributed by atoms with Crippen molar-refractivity contribution in [3.63, 3.8) is 0 Å². The minimum atomic E-state index is 0.423. The molecule has 3 heterocycles. The van der Waals surface area contributed by atoms with Crippen LogP contribution in [-0.4, -0.2) is 29.8 Å². The lowest BCUT2D eigenvalue weighted by molar-refractivity contribution is -0.133. The van der Waals surface area contributed by atoms with Gasteiger partial charge in [-0.15, -0.1) is 0 Å². The van der Waals surface area contributed by atoms with E-state index in [4.69, 9.17) is 0 Å². The zero-order chi connectivity index (χ0) is 8.55. The van der Waals surface area contributed by atoms with E-state index in [1.807, 2.05) is 0 Å². The molecule has 68 valence electrons. The highest BCUT2D eigenvalue weighted by Gasteiger charge is 2.38. The number of Topliss-reactive ketones (excluding diaryl/α,β-unsaturated/α-hetero) is 1. The molecule has 12 heavy (non-hydrogen) atoms. The first-order valence-corrected chi connectivity index (χ1v) is 5.08. The van der Waals surface area contributed by atoms with E-state index in [0.29, 0.717) is 11.7 Å². The smallest absolute Gasteiger partial charge is 0.150 e. The normalized spacial score (nSPS) is 40.4. The number of hydrogen-bond acceptors (Lipinski definition) is 2. The molecule has 0 spiro atoms. The van der Waals surface area contributed by atoms with Gasteiger partial charge in [-0.3, -0.25) is 9.69 Å². The van der Waals surface area contributed by atoms with Crippen LogP contribution in [0.2, 0.25) is 0 Å². The highest BCUT2D eigenvalue weighted by molar-refractivity contribution is 5.84. The maximum atomic E-state index is 11.4. The highest BCUT2D eigenvalue weighted by Crippen LogP contribution is 2.31. The Balaban J connectivity index is 2.00. The standard InChI is InChI=1S/C10H17NO/c1-2-3-9-6-8-4-5-11(9)7-10(8)12/h8-9H,2-7H2,1H3. The lowest BCUT2D eigenvalue weighted by atomic mass is 9.81. The molecule has 3 atom stereocenters. The topological polar surface area (TPSA) is 20.3 Å². The maximum absolute atomic E-state index is 11.4. The van der Waals surface area contributed by atoms with Crippen LogP contribution in [0, 0.1) is 5.92 Å². The molecular formula is C10H17NO. The van der Waals surface area contributed by atoms with Crippen molar-refractivity contribution in [3.8, 4) is 0 Å². The first kappa shape index (κ1) is 8.24. The summed E-state index contributed by atoms with van der Waals surface area (Å²) in [6.07, 6.45) is 4.80. The second kappa shape index (κ2) is 3.17. The van der Waals surface area contributed by atoms with E-state index in [1.165, 1.54) is 19.4 Å². The van der Waals surface area contributed by atoms with Gasteiger partial charge in [0.05, 0.1) is 6.54 Å². The molecule has 3 unspecified atom stereocenters. The number of ketones is 1. The monoisotopic (exact) mass is 167 g/mol.